The summed E-state index contributed by atoms with van der Waals surface area (Å²) < 4.78 is 54.0. The van der Waals surface area contributed by atoms with Crippen molar-refractivity contribution in [2.45, 2.75) is 23.8 Å². The molecule has 0 aliphatic carbocycles. The Balaban J connectivity index is 1.56. The average molecular weight is 485 g/mol. The first-order valence-electron chi connectivity index (χ1n) is 9.13. The zero-order chi connectivity index (χ0) is 22.2. The van der Waals surface area contributed by atoms with Crippen LogP contribution in [0.4, 0.5) is 14.5 Å². The van der Waals surface area contributed by atoms with E-state index in [1.807, 2.05) is 0 Å². The molecular weight excluding hydrogens is 470 g/mol. The third-order valence-electron chi connectivity index (χ3n) is 4.72. The Morgan fingerprint density at radius 2 is 1.94 bits per heavy atom. The Morgan fingerprint density at radius 1 is 1.16 bits per heavy atom. The van der Waals surface area contributed by atoms with E-state index in [2.05, 4.69) is 15.5 Å². The lowest BCUT2D eigenvalue weighted by atomic mass is 10.2. The number of anilines is 1. The molecule has 0 radical (unpaired) electrons. The molecule has 31 heavy (non-hydrogen) atoms. The number of nitrogens with one attached hydrogen (secondary N) is 1. The number of carbonyl (C=O) groups excluding carboxylic acids is 1. The van der Waals surface area contributed by atoms with Crippen molar-refractivity contribution >= 4 is 44.6 Å². The van der Waals surface area contributed by atoms with Gasteiger partial charge in [-0.3, -0.25) is 4.79 Å². The molecule has 1 aromatic heterocycles. The fourth-order valence-electron chi connectivity index (χ4n) is 3.27. The summed E-state index contributed by atoms with van der Waals surface area (Å²) >= 11 is 7.03. The number of hydrogen-bond acceptors (Lipinski definition) is 6. The van der Waals surface area contributed by atoms with Crippen molar-refractivity contribution in [3.05, 3.63) is 69.1 Å². The molecule has 2 heterocycles. The third kappa shape index (κ3) is 4.31. The van der Waals surface area contributed by atoms with Gasteiger partial charge in [-0.05, 0) is 37.1 Å². The molecule has 1 N–H and O–H groups in total. The minimum atomic E-state index is -3.87. The topological polar surface area (TPSA) is 92.3 Å². The molecular formula is C19H15ClF2N4O3S2. The van der Waals surface area contributed by atoms with Crippen LogP contribution in [0.2, 0.25) is 5.02 Å². The number of sulfonamides is 1. The molecule has 1 aliphatic heterocycles. The summed E-state index contributed by atoms with van der Waals surface area (Å²) in [5, 5.41) is 10.7. The maximum Gasteiger partial charge on any atom is 0.286 e. The van der Waals surface area contributed by atoms with Gasteiger partial charge in [0.15, 0.2) is 11.6 Å². The molecule has 0 unspecified atom stereocenters. The Bertz CT molecular complexity index is 1250. The standard InChI is InChI=1S/C19H15ClF2N4O3S2/c20-12-4-1-2-6-16(12)31(28,29)26-9-3-5-15(26)18-24-25-19(30-18)17(27)23-11-7-8-13(21)14(22)10-11/h1-2,4,6-8,10,15H,3,5,9H2,(H,23,27)/t15-/m0/s1. The van der Waals surface area contributed by atoms with Crippen LogP contribution < -0.4 is 5.32 Å². The van der Waals surface area contributed by atoms with Gasteiger partial charge in [0.05, 0.1) is 11.1 Å². The van der Waals surface area contributed by atoms with Crippen molar-refractivity contribution in [1.82, 2.24) is 14.5 Å². The Kier molecular flexibility index (Phi) is 6.02. The lowest BCUT2D eigenvalue weighted by molar-refractivity contribution is 0.102. The van der Waals surface area contributed by atoms with Crippen molar-refractivity contribution in [2.24, 2.45) is 0 Å². The van der Waals surface area contributed by atoms with E-state index in [0.29, 0.717) is 17.8 Å². The second-order valence-corrected chi connectivity index (χ2v) is 10.0. The van der Waals surface area contributed by atoms with Gasteiger partial charge in [0.25, 0.3) is 5.91 Å². The largest absolute Gasteiger partial charge is 0.320 e. The molecule has 0 saturated carbocycles. The molecule has 1 atom stereocenters. The van der Waals surface area contributed by atoms with Gasteiger partial charge in [-0.1, -0.05) is 35.1 Å². The van der Waals surface area contributed by atoms with Crippen LogP contribution in [0.25, 0.3) is 0 Å². The molecule has 162 valence electrons. The predicted octanol–water partition coefficient (Wildman–Crippen LogP) is 4.25. The maximum atomic E-state index is 13.3. The number of rotatable bonds is 5. The van der Waals surface area contributed by atoms with Crippen molar-refractivity contribution in [3.63, 3.8) is 0 Å². The number of aromatic nitrogens is 2. The molecule has 2 aromatic carbocycles. The highest BCUT2D eigenvalue weighted by atomic mass is 35.5. The summed E-state index contributed by atoms with van der Waals surface area (Å²) in [4.78, 5) is 12.4. The summed E-state index contributed by atoms with van der Waals surface area (Å²) in [6, 6.07) is 8.56. The molecule has 4 rings (SSSR count). The van der Waals surface area contributed by atoms with E-state index in [0.717, 1.165) is 23.5 Å². The lowest BCUT2D eigenvalue weighted by Crippen LogP contribution is -2.30. The fraction of sp³-hybridized carbons (Fsp3) is 0.211. The average Bonchev–Trinajstić information content (AvgIpc) is 3.40. The maximum absolute atomic E-state index is 13.3. The van der Waals surface area contributed by atoms with Crippen LogP contribution in [0.15, 0.2) is 47.4 Å². The van der Waals surface area contributed by atoms with Crippen LogP contribution in [-0.4, -0.2) is 35.4 Å². The highest BCUT2D eigenvalue weighted by Crippen LogP contribution is 2.39. The van der Waals surface area contributed by atoms with Gasteiger partial charge in [0.2, 0.25) is 15.0 Å². The number of carbonyl (C=O) groups is 1. The Hall–Kier alpha value is -2.47. The third-order valence-corrected chi connectivity index (χ3v) is 8.16. The zero-order valence-corrected chi connectivity index (χ0v) is 18.1. The Labute approximate surface area is 185 Å². The van der Waals surface area contributed by atoms with Crippen LogP contribution in [0.5, 0.6) is 0 Å². The molecule has 1 saturated heterocycles. The van der Waals surface area contributed by atoms with E-state index in [1.54, 1.807) is 12.1 Å². The van der Waals surface area contributed by atoms with Gasteiger partial charge in [0.1, 0.15) is 9.90 Å². The van der Waals surface area contributed by atoms with E-state index < -0.39 is 33.6 Å². The van der Waals surface area contributed by atoms with Crippen molar-refractivity contribution in [3.8, 4) is 0 Å². The molecule has 0 bridgehead atoms. The summed E-state index contributed by atoms with van der Waals surface area (Å²) in [5.74, 6) is -2.78. The lowest BCUT2D eigenvalue weighted by Gasteiger charge is -2.22. The van der Waals surface area contributed by atoms with E-state index in [9.17, 15) is 22.0 Å². The highest BCUT2D eigenvalue weighted by Gasteiger charge is 2.39. The van der Waals surface area contributed by atoms with Crippen molar-refractivity contribution in [1.29, 1.82) is 0 Å². The van der Waals surface area contributed by atoms with Crippen LogP contribution in [-0.2, 0) is 10.0 Å². The van der Waals surface area contributed by atoms with Gasteiger partial charge >= 0.3 is 0 Å². The second kappa shape index (κ2) is 8.58. The van der Waals surface area contributed by atoms with Gasteiger partial charge < -0.3 is 5.32 Å². The molecule has 0 spiro atoms. The normalized spacial score (nSPS) is 17.1. The first-order valence-corrected chi connectivity index (χ1v) is 11.8. The fourth-order valence-corrected chi connectivity index (χ4v) is 6.38. The van der Waals surface area contributed by atoms with Crippen LogP contribution in [0.3, 0.4) is 0 Å². The van der Waals surface area contributed by atoms with Crippen molar-refractivity contribution < 1.29 is 22.0 Å². The van der Waals surface area contributed by atoms with Crippen LogP contribution in [0.1, 0.15) is 33.7 Å². The number of benzene rings is 2. The summed E-state index contributed by atoms with van der Waals surface area (Å²) in [7, 11) is -3.87. The highest BCUT2D eigenvalue weighted by molar-refractivity contribution is 7.89. The van der Waals surface area contributed by atoms with E-state index in [-0.39, 0.29) is 27.2 Å². The quantitative estimate of drug-likeness (QED) is 0.584. The first-order chi connectivity index (χ1) is 14.8. The zero-order valence-electron chi connectivity index (χ0n) is 15.8. The van der Waals surface area contributed by atoms with Crippen LogP contribution >= 0.6 is 22.9 Å². The van der Waals surface area contributed by atoms with Crippen LogP contribution in [0, 0.1) is 11.6 Å². The molecule has 1 aliphatic rings. The van der Waals surface area contributed by atoms with Gasteiger partial charge in [-0.2, -0.15) is 4.31 Å². The molecule has 7 nitrogen and oxygen atoms in total. The van der Waals surface area contributed by atoms with Gasteiger partial charge in [-0.25, -0.2) is 17.2 Å². The van der Waals surface area contributed by atoms with Gasteiger partial charge in [-0.15, -0.1) is 10.2 Å². The summed E-state index contributed by atoms with van der Waals surface area (Å²) in [6.45, 7) is 0.286. The molecule has 1 fully saturated rings. The molecule has 1 amide bonds. The number of amides is 1. The monoisotopic (exact) mass is 484 g/mol. The number of nitrogens with zero attached hydrogens (tertiary/aromatic N) is 3. The minimum absolute atomic E-state index is 0.00406. The van der Waals surface area contributed by atoms with Gasteiger partial charge in [0, 0.05) is 18.3 Å². The summed E-state index contributed by atoms with van der Waals surface area (Å²) in [5.41, 5.74) is 0.0597. The van der Waals surface area contributed by atoms with Crippen molar-refractivity contribution in [2.75, 3.05) is 11.9 Å². The Morgan fingerprint density at radius 3 is 2.68 bits per heavy atom. The number of hydrogen-bond donors (Lipinski definition) is 1. The smallest absolute Gasteiger partial charge is 0.286 e. The minimum Gasteiger partial charge on any atom is -0.320 e. The van der Waals surface area contributed by atoms with E-state index >= 15 is 0 Å². The SMILES string of the molecule is O=C(Nc1ccc(F)c(F)c1)c1nnc([C@@H]2CCCN2S(=O)(=O)c2ccccc2Cl)s1. The number of halogens is 3. The predicted molar refractivity (Wildman–Crippen MR) is 112 cm³/mol. The van der Waals surface area contributed by atoms with E-state index in [4.69, 9.17) is 11.6 Å². The molecule has 3 aromatic rings. The van der Waals surface area contributed by atoms with E-state index in [1.165, 1.54) is 22.5 Å². The molecule has 12 heteroatoms. The first kappa shape index (κ1) is 21.8. The second-order valence-electron chi connectivity index (χ2n) is 6.73. The summed E-state index contributed by atoms with van der Waals surface area (Å²) in [6.07, 6.45) is 1.13.